The van der Waals surface area contributed by atoms with E-state index in [0.717, 1.165) is 58.6 Å². The first-order valence-corrected chi connectivity index (χ1v) is 11.9. The monoisotopic (exact) mass is 444 g/mol. The summed E-state index contributed by atoms with van der Waals surface area (Å²) in [6.45, 7) is 3.35. The molecule has 0 unspecified atom stereocenters. The summed E-state index contributed by atoms with van der Waals surface area (Å²) in [6.07, 6.45) is 1.80. The van der Waals surface area contributed by atoms with E-state index in [1.807, 2.05) is 41.3 Å². The number of nitrogens with zero attached hydrogens (tertiary/aromatic N) is 2. The number of ether oxygens (including phenoxy) is 2. The predicted molar refractivity (Wildman–Crippen MR) is 125 cm³/mol. The minimum absolute atomic E-state index is 0.1000. The van der Waals surface area contributed by atoms with Crippen LogP contribution in [0.15, 0.2) is 70.5 Å². The lowest BCUT2D eigenvalue weighted by atomic mass is 9.98. The van der Waals surface area contributed by atoms with E-state index in [2.05, 4.69) is 29.2 Å². The molecule has 6 heteroatoms. The van der Waals surface area contributed by atoms with Gasteiger partial charge in [-0.25, -0.2) is 0 Å². The molecular formula is C26H24N2O3S. The van der Waals surface area contributed by atoms with E-state index in [0.29, 0.717) is 19.8 Å². The van der Waals surface area contributed by atoms with Gasteiger partial charge in [0.2, 0.25) is 5.91 Å². The number of carbonyl (C=O) groups is 1. The highest BCUT2D eigenvalue weighted by molar-refractivity contribution is 7.99. The van der Waals surface area contributed by atoms with Crippen LogP contribution < -0.4 is 14.4 Å². The Labute approximate surface area is 191 Å². The summed E-state index contributed by atoms with van der Waals surface area (Å²) in [6, 6.07) is 20.5. The van der Waals surface area contributed by atoms with Gasteiger partial charge in [-0.15, -0.1) is 0 Å². The van der Waals surface area contributed by atoms with E-state index in [1.165, 1.54) is 11.1 Å². The fraction of sp³-hybridized carbons (Fsp3) is 0.269. The van der Waals surface area contributed by atoms with Crippen molar-refractivity contribution in [3.63, 3.8) is 0 Å². The maximum Gasteiger partial charge on any atom is 0.245 e. The van der Waals surface area contributed by atoms with Gasteiger partial charge in [0.15, 0.2) is 11.5 Å². The highest BCUT2D eigenvalue weighted by Crippen LogP contribution is 2.48. The van der Waals surface area contributed by atoms with Gasteiger partial charge < -0.3 is 9.47 Å². The zero-order valence-electron chi connectivity index (χ0n) is 17.8. The summed E-state index contributed by atoms with van der Waals surface area (Å²) in [7, 11) is 0. The van der Waals surface area contributed by atoms with Crippen molar-refractivity contribution in [2.45, 2.75) is 29.2 Å². The number of carbonyl (C=O) groups excluding carboxylic acids is 1. The van der Waals surface area contributed by atoms with Crippen LogP contribution in [0.4, 0.5) is 11.4 Å². The first kappa shape index (κ1) is 19.7. The van der Waals surface area contributed by atoms with Gasteiger partial charge in [0.05, 0.1) is 31.1 Å². The smallest absolute Gasteiger partial charge is 0.245 e. The molecule has 1 amide bonds. The van der Waals surface area contributed by atoms with Gasteiger partial charge in [-0.05, 0) is 53.9 Å². The van der Waals surface area contributed by atoms with Crippen molar-refractivity contribution >= 4 is 29.0 Å². The molecule has 32 heavy (non-hydrogen) atoms. The molecule has 0 radical (unpaired) electrons. The largest absolute Gasteiger partial charge is 0.490 e. The number of para-hydroxylation sites is 2. The van der Waals surface area contributed by atoms with Crippen LogP contribution in [-0.4, -0.2) is 37.1 Å². The van der Waals surface area contributed by atoms with Crippen LogP contribution in [-0.2, 0) is 17.8 Å². The van der Waals surface area contributed by atoms with Crippen molar-refractivity contribution in [1.82, 2.24) is 4.90 Å². The third kappa shape index (κ3) is 3.53. The molecule has 0 aliphatic carbocycles. The molecule has 3 aromatic rings. The van der Waals surface area contributed by atoms with E-state index in [-0.39, 0.29) is 5.91 Å². The lowest BCUT2D eigenvalue weighted by Crippen LogP contribution is -2.41. The zero-order valence-corrected chi connectivity index (χ0v) is 18.6. The summed E-state index contributed by atoms with van der Waals surface area (Å²) in [5.41, 5.74) is 4.45. The first-order valence-electron chi connectivity index (χ1n) is 11.1. The van der Waals surface area contributed by atoms with Gasteiger partial charge in [-0.2, -0.15) is 0 Å². The molecule has 5 nitrogen and oxygen atoms in total. The minimum atomic E-state index is 0.1000. The van der Waals surface area contributed by atoms with Crippen molar-refractivity contribution in [3.8, 4) is 11.5 Å². The molecular weight excluding hydrogens is 420 g/mol. The summed E-state index contributed by atoms with van der Waals surface area (Å²) >= 11 is 1.72. The van der Waals surface area contributed by atoms with Crippen LogP contribution in [0.3, 0.4) is 0 Å². The second-order valence-corrected chi connectivity index (χ2v) is 9.43. The van der Waals surface area contributed by atoms with Crippen LogP contribution in [0.2, 0.25) is 0 Å². The molecule has 0 atom stereocenters. The SMILES string of the molecule is O=C(CN1CCc2cc3c(cc2C1)OCCCO3)N1c2ccccc2Sc2ccccc21. The van der Waals surface area contributed by atoms with E-state index < -0.39 is 0 Å². The Morgan fingerprint density at radius 3 is 2.19 bits per heavy atom. The quantitative estimate of drug-likeness (QED) is 0.554. The molecule has 0 saturated heterocycles. The molecule has 0 N–H and O–H groups in total. The van der Waals surface area contributed by atoms with Crippen molar-refractivity contribution < 1.29 is 14.3 Å². The van der Waals surface area contributed by atoms with Gasteiger partial charge >= 0.3 is 0 Å². The Balaban J connectivity index is 1.26. The molecule has 0 fully saturated rings. The Hall–Kier alpha value is -2.96. The van der Waals surface area contributed by atoms with E-state index in [9.17, 15) is 4.79 Å². The fourth-order valence-electron chi connectivity index (χ4n) is 4.64. The Morgan fingerprint density at radius 2 is 1.50 bits per heavy atom. The fourth-order valence-corrected chi connectivity index (χ4v) is 5.70. The Bertz CT molecular complexity index is 1150. The summed E-state index contributed by atoms with van der Waals surface area (Å²) in [5, 5.41) is 0. The second kappa shape index (κ2) is 8.19. The maximum absolute atomic E-state index is 13.6. The molecule has 6 rings (SSSR count). The normalized spacial score (nSPS) is 17.1. The van der Waals surface area contributed by atoms with Crippen molar-refractivity contribution in [3.05, 3.63) is 71.8 Å². The number of amides is 1. The average molecular weight is 445 g/mol. The molecule has 3 aliphatic rings. The number of rotatable bonds is 2. The summed E-state index contributed by atoms with van der Waals surface area (Å²) < 4.78 is 11.7. The lowest BCUT2D eigenvalue weighted by Gasteiger charge is -2.34. The van der Waals surface area contributed by atoms with E-state index in [1.54, 1.807) is 11.8 Å². The maximum atomic E-state index is 13.6. The van der Waals surface area contributed by atoms with Crippen LogP contribution in [0, 0.1) is 0 Å². The van der Waals surface area contributed by atoms with Crippen molar-refractivity contribution in [2.24, 2.45) is 0 Å². The third-order valence-corrected chi connectivity index (χ3v) is 7.33. The average Bonchev–Trinajstić information content (AvgIpc) is 3.05. The van der Waals surface area contributed by atoms with Gasteiger partial charge in [-0.3, -0.25) is 14.6 Å². The number of fused-ring (bicyclic) bond motifs is 4. The van der Waals surface area contributed by atoms with Gasteiger partial charge in [0.25, 0.3) is 0 Å². The van der Waals surface area contributed by atoms with Crippen LogP contribution in [0.5, 0.6) is 11.5 Å². The molecule has 3 aliphatic heterocycles. The minimum Gasteiger partial charge on any atom is -0.490 e. The van der Waals surface area contributed by atoms with Crippen molar-refractivity contribution in [1.29, 1.82) is 0 Å². The molecule has 0 spiro atoms. The predicted octanol–water partition coefficient (Wildman–Crippen LogP) is 5.04. The Morgan fingerprint density at radius 1 is 0.875 bits per heavy atom. The number of hydrogen-bond donors (Lipinski definition) is 0. The topological polar surface area (TPSA) is 42.0 Å². The molecule has 3 aromatic carbocycles. The molecule has 3 heterocycles. The lowest BCUT2D eigenvalue weighted by molar-refractivity contribution is -0.119. The first-order chi connectivity index (χ1) is 15.8. The highest BCUT2D eigenvalue weighted by atomic mass is 32.2. The zero-order chi connectivity index (χ0) is 21.5. The van der Waals surface area contributed by atoms with Crippen molar-refractivity contribution in [2.75, 3.05) is 31.2 Å². The van der Waals surface area contributed by atoms with Gasteiger partial charge in [-0.1, -0.05) is 36.0 Å². The van der Waals surface area contributed by atoms with E-state index >= 15 is 0 Å². The number of benzene rings is 3. The van der Waals surface area contributed by atoms with Crippen LogP contribution in [0.25, 0.3) is 0 Å². The molecule has 162 valence electrons. The summed E-state index contributed by atoms with van der Waals surface area (Å²) in [5.74, 6) is 1.78. The van der Waals surface area contributed by atoms with Crippen LogP contribution >= 0.6 is 11.8 Å². The van der Waals surface area contributed by atoms with Crippen LogP contribution in [0.1, 0.15) is 17.5 Å². The summed E-state index contributed by atoms with van der Waals surface area (Å²) in [4.78, 5) is 20.0. The van der Waals surface area contributed by atoms with E-state index in [4.69, 9.17) is 9.47 Å². The number of anilines is 2. The van der Waals surface area contributed by atoms with Gasteiger partial charge in [0, 0.05) is 29.3 Å². The third-order valence-electron chi connectivity index (χ3n) is 6.20. The standard InChI is InChI=1S/C26H24N2O3S/c29-26(28-20-6-1-3-8-24(20)32-25-9-4-2-7-21(25)28)17-27-11-10-18-14-22-23(15-19(18)16-27)31-13-5-12-30-22/h1-4,6-9,14-15H,5,10-13,16-17H2. The molecule has 0 saturated carbocycles. The molecule has 0 aromatic heterocycles. The highest BCUT2D eigenvalue weighted by Gasteiger charge is 2.30. The Kier molecular flexibility index (Phi) is 5.04. The molecule has 0 bridgehead atoms. The second-order valence-electron chi connectivity index (χ2n) is 8.35. The van der Waals surface area contributed by atoms with Gasteiger partial charge in [0.1, 0.15) is 0 Å². The number of hydrogen-bond acceptors (Lipinski definition) is 5.